The van der Waals surface area contributed by atoms with Gasteiger partial charge in [0.2, 0.25) is 0 Å². The van der Waals surface area contributed by atoms with Crippen LogP contribution in [0.4, 0.5) is 8.78 Å². The normalized spacial score (nSPS) is 21.6. The molecule has 2 aromatic rings. The van der Waals surface area contributed by atoms with Crippen molar-refractivity contribution in [1.82, 2.24) is 14.9 Å². The molecule has 0 spiro atoms. The average Bonchev–Trinajstić information content (AvgIpc) is 3.16. The van der Waals surface area contributed by atoms with Crippen molar-refractivity contribution in [2.24, 2.45) is 5.92 Å². The molecule has 4 rings (SSSR count). The molecule has 1 unspecified atom stereocenters. The molecule has 1 aromatic heterocycles. The molecule has 1 saturated heterocycles. The number of benzene rings is 1. The Morgan fingerprint density at radius 2 is 2.26 bits per heavy atom. The van der Waals surface area contributed by atoms with Crippen molar-refractivity contribution in [2.45, 2.75) is 19.4 Å². The Balaban J connectivity index is 1.52. The fourth-order valence-electron chi connectivity index (χ4n) is 3.41. The number of halogens is 2. The molecule has 0 aliphatic carbocycles. The van der Waals surface area contributed by atoms with Gasteiger partial charge in [-0.1, -0.05) is 0 Å². The highest BCUT2D eigenvalue weighted by molar-refractivity contribution is 5.57. The largest absolute Gasteiger partial charge is 0.381 e. The number of nitrogens with one attached hydrogen (secondary N) is 1. The van der Waals surface area contributed by atoms with Gasteiger partial charge in [0.1, 0.15) is 17.5 Å². The van der Waals surface area contributed by atoms with Gasteiger partial charge in [0.15, 0.2) is 0 Å². The Kier molecular flexibility index (Phi) is 3.87. The van der Waals surface area contributed by atoms with E-state index in [1.807, 2.05) is 0 Å². The van der Waals surface area contributed by atoms with Crippen LogP contribution in [0.25, 0.3) is 11.4 Å². The summed E-state index contributed by atoms with van der Waals surface area (Å²) in [5.74, 6) is -0.0735. The van der Waals surface area contributed by atoms with Gasteiger partial charge in [0.25, 0.3) is 0 Å². The fourth-order valence-corrected chi connectivity index (χ4v) is 3.41. The Hall–Kier alpha value is -1.79. The minimum absolute atomic E-state index is 0.316. The lowest BCUT2D eigenvalue weighted by molar-refractivity contribution is 0.161. The molecule has 0 radical (unpaired) electrons. The van der Waals surface area contributed by atoms with Gasteiger partial charge in [0.05, 0.1) is 23.6 Å². The number of hydrogen-bond donors (Lipinski definition) is 1. The Bertz CT molecular complexity index is 710. The van der Waals surface area contributed by atoms with Gasteiger partial charge < -0.3 is 9.72 Å². The maximum atomic E-state index is 13.9. The molecule has 3 heterocycles. The van der Waals surface area contributed by atoms with Crippen molar-refractivity contribution in [1.29, 1.82) is 0 Å². The number of aromatic amines is 1. The highest BCUT2D eigenvalue weighted by Gasteiger charge is 2.25. The molecule has 1 N–H and O–H groups in total. The van der Waals surface area contributed by atoms with E-state index in [0.717, 1.165) is 63.1 Å². The zero-order valence-electron chi connectivity index (χ0n) is 12.8. The quantitative estimate of drug-likeness (QED) is 0.946. The van der Waals surface area contributed by atoms with Crippen LogP contribution in [0.5, 0.6) is 0 Å². The molecule has 6 heteroatoms. The Morgan fingerprint density at radius 3 is 3.04 bits per heavy atom. The second-order valence-corrected chi connectivity index (χ2v) is 6.35. The maximum Gasteiger partial charge on any atom is 0.140 e. The summed E-state index contributed by atoms with van der Waals surface area (Å²) < 4.78 is 32.4. The summed E-state index contributed by atoms with van der Waals surface area (Å²) in [6.07, 6.45) is 1.97. The number of imidazole rings is 1. The van der Waals surface area contributed by atoms with E-state index in [1.165, 1.54) is 12.1 Å². The molecule has 0 bridgehead atoms. The smallest absolute Gasteiger partial charge is 0.140 e. The third-order valence-corrected chi connectivity index (χ3v) is 4.64. The van der Waals surface area contributed by atoms with Crippen molar-refractivity contribution in [3.63, 3.8) is 0 Å². The number of ether oxygens (including phenoxy) is 1. The topological polar surface area (TPSA) is 41.2 Å². The Labute approximate surface area is 133 Å². The number of H-pyrrole nitrogens is 1. The minimum atomic E-state index is -0.587. The monoisotopic (exact) mass is 319 g/mol. The van der Waals surface area contributed by atoms with E-state index in [4.69, 9.17) is 4.74 Å². The summed E-state index contributed by atoms with van der Waals surface area (Å²) in [6, 6.07) is 3.58. The SMILES string of the molecule is Fc1ccc(-c2nc3c([nH]2)CN(CC2CCOC2)CC3)c(F)c1. The second-order valence-electron chi connectivity index (χ2n) is 6.35. The van der Waals surface area contributed by atoms with Gasteiger partial charge in [-0.2, -0.15) is 0 Å². The van der Waals surface area contributed by atoms with Crippen LogP contribution in [0.1, 0.15) is 17.8 Å². The van der Waals surface area contributed by atoms with Crippen LogP contribution in [-0.2, 0) is 17.7 Å². The lowest BCUT2D eigenvalue weighted by Gasteiger charge is -2.27. The Morgan fingerprint density at radius 1 is 1.35 bits per heavy atom. The molecule has 0 amide bonds. The molecule has 1 atom stereocenters. The predicted octanol–water partition coefficient (Wildman–Crippen LogP) is 2.75. The number of nitrogens with zero attached hydrogens (tertiary/aromatic N) is 2. The van der Waals surface area contributed by atoms with Crippen molar-refractivity contribution in [2.75, 3.05) is 26.3 Å². The standard InChI is InChI=1S/C17H19F2N3O/c18-12-1-2-13(14(19)7-12)17-20-15-3-5-22(9-16(15)21-17)8-11-4-6-23-10-11/h1-2,7,11H,3-6,8-10H2,(H,20,21). The molecule has 122 valence electrons. The second kappa shape index (κ2) is 6.02. The lowest BCUT2D eigenvalue weighted by atomic mass is 10.1. The highest BCUT2D eigenvalue weighted by atomic mass is 19.1. The van der Waals surface area contributed by atoms with Gasteiger partial charge in [-0.25, -0.2) is 13.8 Å². The maximum absolute atomic E-state index is 13.9. The van der Waals surface area contributed by atoms with E-state index >= 15 is 0 Å². The first-order valence-corrected chi connectivity index (χ1v) is 8.02. The van der Waals surface area contributed by atoms with Gasteiger partial charge in [0, 0.05) is 38.7 Å². The highest BCUT2D eigenvalue weighted by Crippen LogP contribution is 2.26. The summed E-state index contributed by atoms with van der Waals surface area (Å²) in [5, 5.41) is 0. The number of hydrogen-bond acceptors (Lipinski definition) is 3. The summed E-state index contributed by atoms with van der Waals surface area (Å²) in [7, 11) is 0. The predicted molar refractivity (Wildman–Crippen MR) is 81.8 cm³/mol. The number of aromatic nitrogens is 2. The van der Waals surface area contributed by atoms with E-state index in [0.29, 0.717) is 17.3 Å². The average molecular weight is 319 g/mol. The van der Waals surface area contributed by atoms with Gasteiger partial charge in [-0.05, 0) is 24.5 Å². The molecule has 2 aliphatic rings. The van der Waals surface area contributed by atoms with Crippen molar-refractivity contribution >= 4 is 0 Å². The molecular formula is C17H19F2N3O. The summed E-state index contributed by atoms with van der Waals surface area (Å²) in [4.78, 5) is 10.1. The summed E-state index contributed by atoms with van der Waals surface area (Å²) in [6.45, 7) is 4.49. The number of rotatable bonds is 3. The first-order chi connectivity index (χ1) is 11.2. The van der Waals surface area contributed by atoms with Crippen LogP contribution in [0.3, 0.4) is 0 Å². The molecular weight excluding hydrogens is 300 g/mol. The molecule has 4 nitrogen and oxygen atoms in total. The van der Waals surface area contributed by atoms with E-state index in [1.54, 1.807) is 0 Å². The third-order valence-electron chi connectivity index (χ3n) is 4.64. The zero-order valence-corrected chi connectivity index (χ0v) is 12.8. The summed E-state index contributed by atoms with van der Waals surface area (Å²) in [5.41, 5.74) is 2.34. The fraction of sp³-hybridized carbons (Fsp3) is 0.471. The van der Waals surface area contributed by atoms with E-state index in [9.17, 15) is 8.78 Å². The molecule has 2 aliphatic heterocycles. The lowest BCUT2D eigenvalue weighted by Crippen LogP contribution is -2.34. The van der Waals surface area contributed by atoms with Gasteiger partial charge in [-0.15, -0.1) is 0 Å². The van der Waals surface area contributed by atoms with E-state index in [2.05, 4.69) is 14.9 Å². The summed E-state index contributed by atoms with van der Waals surface area (Å²) >= 11 is 0. The molecule has 1 fully saturated rings. The molecule has 23 heavy (non-hydrogen) atoms. The van der Waals surface area contributed by atoms with Crippen LogP contribution in [0, 0.1) is 17.6 Å². The van der Waals surface area contributed by atoms with Crippen molar-refractivity contribution in [3.8, 4) is 11.4 Å². The van der Waals surface area contributed by atoms with E-state index < -0.39 is 11.6 Å². The van der Waals surface area contributed by atoms with Crippen LogP contribution < -0.4 is 0 Å². The van der Waals surface area contributed by atoms with Crippen molar-refractivity contribution < 1.29 is 13.5 Å². The third kappa shape index (κ3) is 3.01. The minimum Gasteiger partial charge on any atom is -0.381 e. The van der Waals surface area contributed by atoms with E-state index in [-0.39, 0.29) is 0 Å². The molecule has 0 saturated carbocycles. The van der Waals surface area contributed by atoms with Crippen LogP contribution in [0.15, 0.2) is 18.2 Å². The van der Waals surface area contributed by atoms with Crippen LogP contribution in [0.2, 0.25) is 0 Å². The first kappa shape index (κ1) is 14.8. The van der Waals surface area contributed by atoms with Crippen molar-refractivity contribution in [3.05, 3.63) is 41.2 Å². The zero-order chi connectivity index (χ0) is 15.8. The first-order valence-electron chi connectivity index (χ1n) is 8.02. The van der Waals surface area contributed by atoms with Gasteiger partial charge in [-0.3, -0.25) is 4.90 Å². The van der Waals surface area contributed by atoms with Crippen LogP contribution in [-0.4, -0.2) is 41.2 Å². The number of fused-ring (bicyclic) bond motifs is 1. The van der Waals surface area contributed by atoms with Crippen LogP contribution >= 0.6 is 0 Å². The molecule has 1 aromatic carbocycles. The van der Waals surface area contributed by atoms with Gasteiger partial charge >= 0.3 is 0 Å².